The van der Waals surface area contributed by atoms with Gasteiger partial charge in [0.2, 0.25) is 5.91 Å². The molecular formula is C19H22N2O4S2. The van der Waals surface area contributed by atoms with E-state index in [1.54, 1.807) is 30.3 Å². The van der Waals surface area contributed by atoms with Gasteiger partial charge >= 0.3 is 0 Å². The Balaban J connectivity index is 2.05. The molecule has 0 saturated heterocycles. The van der Waals surface area contributed by atoms with Crippen molar-refractivity contribution in [3.63, 3.8) is 0 Å². The summed E-state index contributed by atoms with van der Waals surface area (Å²) in [5.74, 6) is -0.789. The molecule has 0 fully saturated rings. The molecule has 0 bridgehead atoms. The second-order valence-corrected chi connectivity index (χ2v) is 9.17. The Hall–Kier alpha value is -2.32. The van der Waals surface area contributed by atoms with Crippen molar-refractivity contribution in [3.8, 4) is 0 Å². The van der Waals surface area contributed by atoms with Crippen molar-refractivity contribution in [3.05, 3.63) is 59.7 Å². The second-order valence-electron chi connectivity index (χ2n) is 6.18. The number of carbonyl (C=O) groups excluding carboxylic acids is 2. The molecule has 0 aliphatic rings. The highest BCUT2D eigenvalue weighted by Crippen LogP contribution is 2.24. The van der Waals surface area contributed by atoms with Gasteiger partial charge in [0.25, 0.3) is 5.91 Å². The van der Waals surface area contributed by atoms with Gasteiger partial charge in [0, 0.05) is 23.8 Å². The van der Waals surface area contributed by atoms with Crippen LogP contribution in [-0.2, 0) is 20.4 Å². The van der Waals surface area contributed by atoms with Gasteiger partial charge in [-0.3, -0.25) is 9.59 Å². The third-order valence-electron chi connectivity index (χ3n) is 3.71. The summed E-state index contributed by atoms with van der Waals surface area (Å²) in [5, 5.41) is 2.81. The Morgan fingerprint density at radius 1 is 1.11 bits per heavy atom. The lowest BCUT2D eigenvalue weighted by molar-refractivity contribution is -0.116. The summed E-state index contributed by atoms with van der Waals surface area (Å²) in [7, 11) is -1.66. The summed E-state index contributed by atoms with van der Waals surface area (Å²) in [6.07, 6.45) is 3.06. The summed E-state index contributed by atoms with van der Waals surface area (Å²) in [6.45, 7) is -0.113. The Labute approximate surface area is 163 Å². The largest absolute Gasteiger partial charge is 0.332 e. The van der Waals surface area contributed by atoms with E-state index in [2.05, 4.69) is 5.32 Å². The quantitative estimate of drug-likeness (QED) is 0.715. The zero-order valence-electron chi connectivity index (χ0n) is 15.4. The summed E-state index contributed by atoms with van der Waals surface area (Å²) in [6, 6.07) is 13.9. The van der Waals surface area contributed by atoms with Gasteiger partial charge in [0.15, 0.2) is 9.84 Å². The fourth-order valence-corrected chi connectivity index (χ4v) is 3.88. The monoisotopic (exact) mass is 406 g/mol. The number of rotatable bonds is 7. The molecule has 0 aliphatic heterocycles. The minimum Gasteiger partial charge on any atom is -0.332 e. The molecule has 0 spiro atoms. The van der Waals surface area contributed by atoms with Crippen molar-refractivity contribution in [1.29, 1.82) is 0 Å². The topological polar surface area (TPSA) is 83.6 Å². The number of hydrogen-bond acceptors (Lipinski definition) is 5. The van der Waals surface area contributed by atoms with Gasteiger partial charge in [-0.15, -0.1) is 11.8 Å². The molecule has 27 heavy (non-hydrogen) atoms. The van der Waals surface area contributed by atoms with Crippen LogP contribution < -0.4 is 5.32 Å². The first-order chi connectivity index (χ1) is 12.7. The van der Waals surface area contributed by atoms with Crippen LogP contribution in [0.2, 0.25) is 0 Å². The number of carbonyl (C=O) groups is 2. The molecule has 1 N–H and O–H groups in total. The lowest BCUT2D eigenvalue weighted by atomic mass is 10.1. The van der Waals surface area contributed by atoms with Crippen LogP contribution in [0.4, 0.5) is 5.69 Å². The number of benzene rings is 2. The van der Waals surface area contributed by atoms with Crippen LogP contribution in [0.3, 0.4) is 0 Å². The standard InChI is InChI=1S/C19H22N2O4S2/c1-21(12-18(22)20-16-9-4-5-10-17(16)26-2)19(23)15-8-6-7-14(11-15)13-27(3,24)25/h4-11H,12-13H2,1-3H3,(H,20,22). The Bertz CT molecular complexity index is 942. The molecule has 2 aromatic carbocycles. The zero-order valence-corrected chi connectivity index (χ0v) is 17.1. The van der Waals surface area contributed by atoms with E-state index in [0.717, 1.165) is 11.2 Å². The van der Waals surface area contributed by atoms with Crippen molar-refractivity contribution in [2.45, 2.75) is 10.6 Å². The molecule has 2 rings (SSSR count). The maximum atomic E-state index is 12.6. The molecule has 0 aliphatic carbocycles. The van der Waals surface area contributed by atoms with Crippen molar-refractivity contribution < 1.29 is 18.0 Å². The number of likely N-dealkylation sites (N-methyl/N-ethyl adjacent to an activating group) is 1. The van der Waals surface area contributed by atoms with Gasteiger partial charge in [0.05, 0.1) is 18.0 Å². The Morgan fingerprint density at radius 3 is 2.48 bits per heavy atom. The minimum atomic E-state index is -3.19. The average Bonchev–Trinajstić information content (AvgIpc) is 2.60. The molecule has 0 atom stereocenters. The number of thioether (sulfide) groups is 1. The number of hydrogen-bond donors (Lipinski definition) is 1. The first-order valence-electron chi connectivity index (χ1n) is 8.14. The lowest BCUT2D eigenvalue weighted by Gasteiger charge is -2.18. The van der Waals surface area contributed by atoms with E-state index in [4.69, 9.17) is 0 Å². The van der Waals surface area contributed by atoms with Gasteiger partial charge < -0.3 is 10.2 Å². The van der Waals surface area contributed by atoms with Crippen molar-refractivity contribution in [2.75, 3.05) is 31.4 Å². The summed E-state index contributed by atoms with van der Waals surface area (Å²) in [5.41, 5.74) is 1.58. The van der Waals surface area contributed by atoms with Crippen molar-refractivity contribution >= 4 is 39.1 Å². The number of para-hydroxylation sites is 1. The maximum absolute atomic E-state index is 12.6. The molecule has 2 aromatic rings. The van der Waals surface area contributed by atoms with Gasteiger partial charge in [-0.1, -0.05) is 24.3 Å². The van der Waals surface area contributed by atoms with Gasteiger partial charge in [-0.25, -0.2) is 8.42 Å². The molecule has 6 nitrogen and oxygen atoms in total. The number of amides is 2. The zero-order chi connectivity index (χ0) is 20.0. The molecule has 144 valence electrons. The molecule has 0 radical (unpaired) electrons. The first kappa shape index (κ1) is 21.0. The molecule has 0 unspecified atom stereocenters. The SMILES string of the molecule is CSc1ccccc1NC(=O)CN(C)C(=O)c1cccc(CS(C)(=O)=O)c1. The summed E-state index contributed by atoms with van der Waals surface area (Å²) < 4.78 is 22.9. The van der Waals surface area contributed by atoms with Crippen molar-refractivity contribution in [2.24, 2.45) is 0 Å². The molecule has 2 amide bonds. The van der Waals surface area contributed by atoms with Crippen LogP contribution in [0.15, 0.2) is 53.4 Å². The highest BCUT2D eigenvalue weighted by molar-refractivity contribution is 7.98. The fourth-order valence-electron chi connectivity index (χ4n) is 2.54. The number of sulfone groups is 1. The van der Waals surface area contributed by atoms with Gasteiger partial charge in [-0.2, -0.15) is 0 Å². The van der Waals surface area contributed by atoms with E-state index in [1.165, 1.54) is 23.7 Å². The van der Waals surface area contributed by atoms with Crippen LogP contribution in [-0.4, -0.2) is 51.2 Å². The van der Waals surface area contributed by atoms with Crippen LogP contribution in [0, 0.1) is 0 Å². The predicted octanol–water partition coefficient (Wildman–Crippen LogP) is 2.66. The Kier molecular flexibility index (Phi) is 7.04. The highest BCUT2D eigenvalue weighted by Gasteiger charge is 2.17. The minimum absolute atomic E-state index is 0.113. The Morgan fingerprint density at radius 2 is 1.81 bits per heavy atom. The van der Waals surface area contributed by atoms with Gasteiger partial charge in [0.1, 0.15) is 0 Å². The normalized spacial score (nSPS) is 11.1. The summed E-state index contributed by atoms with van der Waals surface area (Å²) >= 11 is 1.52. The van der Waals surface area contributed by atoms with Gasteiger partial charge in [-0.05, 0) is 36.1 Å². The van der Waals surface area contributed by atoms with E-state index < -0.39 is 9.84 Å². The van der Waals surface area contributed by atoms with E-state index in [0.29, 0.717) is 16.8 Å². The van der Waals surface area contributed by atoms with E-state index in [-0.39, 0.29) is 24.1 Å². The molecule has 0 heterocycles. The third-order valence-corrected chi connectivity index (χ3v) is 5.36. The molecule has 8 heteroatoms. The summed E-state index contributed by atoms with van der Waals surface area (Å²) in [4.78, 5) is 27.1. The fraction of sp³-hybridized carbons (Fsp3) is 0.263. The van der Waals surface area contributed by atoms with Crippen LogP contribution >= 0.6 is 11.8 Å². The van der Waals surface area contributed by atoms with Crippen LogP contribution in [0.25, 0.3) is 0 Å². The predicted molar refractivity (Wildman–Crippen MR) is 109 cm³/mol. The van der Waals surface area contributed by atoms with Crippen LogP contribution in [0.5, 0.6) is 0 Å². The third kappa shape index (κ3) is 6.41. The maximum Gasteiger partial charge on any atom is 0.254 e. The van der Waals surface area contributed by atoms with E-state index in [1.807, 2.05) is 24.5 Å². The number of nitrogens with one attached hydrogen (secondary N) is 1. The number of nitrogens with zero attached hydrogens (tertiary/aromatic N) is 1. The van der Waals surface area contributed by atoms with Crippen molar-refractivity contribution in [1.82, 2.24) is 4.90 Å². The molecular weight excluding hydrogens is 384 g/mol. The second kappa shape index (κ2) is 9.05. The molecule has 0 aromatic heterocycles. The molecule has 0 saturated carbocycles. The van der Waals surface area contributed by atoms with E-state index in [9.17, 15) is 18.0 Å². The first-order valence-corrected chi connectivity index (χ1v) is 11.4. The number of anilines is 1. The lowest BCUT2D eigenvalue weighted by Crippen LogP contribution is -2.35. The highest BCUT2D eigenvalue weighted by atomic mass is 32.2. The van der Waals surface area contributed by atoms with Crippen LogP contribution in [0.1, 0.15) is 15.9 Å². The smallest absolute Gasteiger partial charge is 0.254 e. The average molecular weight is 407 g/mol. The van der Waals surface area contributed by atoms with E-state index >= 15 is 0 Å².